The number of benzene rings is 1. The number of amides is 1. The van der Waals surface area contributed by atoms with Crippen molar-refractivity contribution < 1.29 is 22.3 Å². The van der Waals surface area contributed by atoms with Crippen molar-refractivity contribution >= 4 is 15.7 Å². The molecule has 2 aliphatic rings. The maximum absolute atomic E-state index is 12.9. The lowest BCUT2D eigenvalue weighted by Gasteiger charge is -2.35. The molecular formula is C18H25FN2O4S. The van der Waals surface area contributed by atoms with Gasteiger partial charge >= 0.3 is 0 Å². The molecule has 2 saturated heterocycles. The number of piperazine rings is 1. The summed E-state index contributed by atoms with van der Waals surface area (Å²) in [5.74, 6) is -0.888. The van der Waals surface area contributed by atoms with Crippen molar-refractivity contribution in [3.05, 3.63) is 30.1 Å². The average molecular weight is 384 g/mol. The molecule has 1 amide bonds. The minimum absolute atomic E-state index is 0.0492. The Bertz CT molecular complexity index is 709. The maximum atomic E-state index is 12.9. The van der Waals surface area contributed by atoms with Crippen molar-refractivity contribution in [1.29, 1.82) is 0 Å². The normalized spacial score (nSPS) is 21.9. The summed E-state index contributed by atoms with van der Waals surface area (Å²) in [4.78, 5) is 16.4. The van der Waals surface area contributed by atoms with Gasteiger partial charge in [0.05, 0.1) is 16.8 Å². The first-order valence-corrected chi connectivity index (χ1v) is 10.7. The van der Waals surface area contributed by atoms with Gasteiger partial charge in [0, 0.05) is 45.8 Å². The van der Waals surface area contributed by atoms with Crippen LogP contribution in [0.25, 0.3) is 0 Å². The molecule has 26 heavy (non-hydrogen) atoms. The van der Waals surface area contributed by atoms with Crippen LogP contribution in [0.2, 0.25) is 0 Å². The van der Waals surface area contributed by atoms with Gasteiger partial charge in [-0.3, -0.25) is 9.69 Å². The highest BCUT2D eigenvalue weighted by Gasteiger charge is 2.26. The summed E-state index contributed by atoms with van der Waals surface area (Å²) in [5, 5.41) is 0. The summed E-state index contributed by atoms with van der Waals surface area (Å²) >= 11 is 0. The average Bonchev–Trinajstić information content (AvgIpc) is 3.14. The van der Waals surface area contributed by atoms with Crippen molar-refractivity contribution in [2.45, 2.75) is 30.3 Å². The van der Waals surface area contributed by atoms with Crippen LogP contribution in [0.1, 0.15) is 19.3 Å². The molecule has 3 rings (SSSR count). The topological polar surface area (TPSA) is 66.9 Å². The Morgan fingerprint density at radius 1 is 1.15 bits per heavy atom. The third kappa shape index (κ3) is 5.02. The van der Waals surface area contributed by atoms with Gasteiger partial charge in [0.1, 0.15) is 5.82 Å². The molecule has 0 aromatic heterocycles. The van der Waals surface area contributed by atoms with Gasteiger partial charge in [-0.25, -0.2) is 12.8 Å². The van der Waals surface area contributed by atoms with E-state index in [-0.39, 0.29) is 23.0 Å². The molecule has 2 heterocycles. The number of sulfone groups is 1. The second-order valence-electron chi connectivity index (χ2n) is 6.84. The van der Waals surface area contributed by atoms with E-state index in [0.717, 1.165) is 51.2 Å². The first-order valence-electron chi connectivity index (χ1n) is 9.04. The van der Waals surface area contributed by atoms with Crippen molar-refractivity contribution in [2.24, 2.45) is 0 Å². The quantitative estimate of drug-likeness (QED) is 0.692. The summed E-state index contributed by atoms with van der Waals surface area (Å²) in [5.41, 5.74) is 0. The molecule has 1 aromatic carbocycles. The van der Waals surface area contributed by atoms with Gasteiger partial charge in [-0.05, 0) is 37.1 Å². The van der Waals surface area contributed by atoms with Crippen LogP contribution in [0.15, 0.2) is 29.2 Å². The van der Waals surface area contributed by atoms with Gasteiger partial charge in [-0.15, -0.1) is 0 Å². The Kier molecular flexibility index (Phi) is 6.26. The van der Waals surface area contributed by atoms with E-state index in [9.17, 15) is 17.6 Å². The number of halogens is 1. The van der Waals surface area contributed by atoms with E-state index >= 15 is 0 Å². The fourth-order valence-electron chi connectivity index (χ4n) is 3.40. The molecule has 2 fully saturated rings. The van der Waals surface area contributed by atoms with E-state index in [1.807, 2.05) is 0 Å². The van der Waals surface area contributed by atoms with Crippen LogP contribution in [0, 0.1) is 5.82 Å². The summed E-state index contributed by atoms with van der Waals surface area (Å²) in [7, 11) is -3.58. The smallest absolute Gasteiger partial charge is 0.223 e. The molecule has 0 radical (unpaired) electrons. The molecule has 0 aliphatic carbocycles. The molecule has 8 heteroatoms. The van der Waals surface area contributed by atoms with E-state index in [0.29, 0.717) is 19.2 Å². The lowest BCUT2D eigenvalue weighted by Crippen LogP contribution is -2.50. The minimum Gasteiger partial charge on any atom is -0.377 e. The van der Waals surface area contributed by atoms with E-state index < -0.39 is 15.7 Å². The molecule has 144 valence electrons. The highest BCUT2D eigenvalue weighted by Crippen LogP contribution is 2.16. The number of rotatable bonds is 6. The lowest BCUT2D eigenvalue weighted by atomic mass is 10.2. The molecule has 6 nitrogen and oxygen atoms in total. The Hall–Kier alpha value is -1.51. The lowest BCUT2D eigenvalue weighted by molar-refractivity contribution is -0.132. The third-order valence-corrected chi connectivity index (χ3v) is 6.70. The zero-order valence-corrected chi connectivity index (χ0v) is 15.6. The maximum Gasteiger partial charge on any atom is 0.223 e. The molecular weight excluding hydrogens is 359 g/mol. The number of carbonyl (C=O) groups is 1. The van der Waals surface area contributed by atoms with Crippen LogP contribution >= 0.6 is 0 Å². The Morgan fingerprint density at radius 3 is 2.46 bits per heavy atom. The summed E-state index contributed by atoms with van der Waals surface area (Å²) < 4.78 is 43.1. The number of hydrogen-bond donors (Lipinski definition) is 0. The first-order chi connectivity index (χ1) is 12.4. The van der Waals surface area contributed by atoms with E-state index in [4.69, 9.17) is 4.74 Å². The molecule has 0 N–H and O–H groups in total. The van der Waals surface area contributed by atoms with E-state index in [1.165, 1.54) is 12.1 Å². The van der Waals surface area contributed by atoms with Gasteiger partial charge in [-0.2, -0.15) is 0 Å². The summed E-state index contributed by atoms with van der Waals surface area (Å²) in [6, 6.07) is 4.70. The number of ether oxygens (including phenoxy) is 1. The van der Waals surface area contributed by atoms with Gasteiger partial charge in [-0.1, -0.05) is 0 Å². The summed E-state index contributed by atoms with van der Waals surface area (Å²) in [6.45, 7) is 4.55. The molecule has 0 saturated carbocycles. The monoisotopic (exact) mass is 384 g/mol. The van der Waals surface area contributed by atoms with Gasteiger partial charge in [0.25, 0.3) is 0 Å². The standard InChI is InChI=1S/C18H25FN2O4S/c19-15-3-5-17(6-4-15)26(23,24)13-7-18(22)21-10-8-20(9-11-21)14-16-2-1-12-25-16/h3-6,16H,1-2,7-14H2/t16-/m1/s1. The second-order valence-corrected chi connectivity index (χ2v) is 8.95. The molecule has 0 unspecified atom stereocenters. The van der Waals surface area contributed by atoms with Crippen molar-refractivity contribution in [1.82, 2.24) is 9.80 Å². The number of carbonyl (C=O) groups excluding carboxylic acids is 1. The predicted molar refractivity (Wildman–Crippen MR) is 95.1 cm³/mol. The molecule has 1 atom stereocenters. The first kappa shape index (κ1) is 19.3. The minimum atomic E-state index is -3.58. The van der Waals surface area contributed by atoms with Crippen molar-refractivity contribution in [3.8, 4) is 0 Å². The van der Waals surface area contributed by atoms with Crippen LogP contribution in [-0.2, 0) is 19.4 Å². The second kappa shape index (κ2) is 8.45. The van der Waals surface area contributed by atoms with Gasteiger partial charge in [0.2, 0.25) is 5.91 Å². The third-order valence-electron chi connectivity index (χ3n) is 4.97. The number of nitrogens with zero attached hydrogens (tertiary/aromatic N) is 2. The van der Waals surface area contributed by atoms with Crippen LogP contribution < -0.4 is 0 Å². The Balaban J connectivity index is 1.44. The molecule has 2 aliphatic heterocycles. The molecule has 0 bridgehead atoms. The zero-order valence-electron chi connectivity index (χ0n) is 14.8. The zero-order chi connectivity index (χ0) is 18.6. The van der Waals surface area contributed by atoms with Crippen LogP contribution in [0.3, 0.4) is 0 Å². The van der Waals surface area contributed by atoms with Crippen LogP contribution in [0.4, 0.5) is 4.39 Å². The fraction of sp³-hybridized carbons (Fsp3) is 0.611. The molecule has 1 aromatic rings. The van der Waals surface area contributed by atoms with Crippen molar-refractivity contribution in [2.75, 3.05) is 45.1 Å². The van der Waals surface area contributed by atoms with Gasteiger partial charge < -0.3 is 9.64 Å². The number of hydrogen-bond acceptors (Lipinski definition) is 5. The van der Waals surface area contributed by atoms with E-state index in [1.54, 1.807) is 4.90 Å². The largest absolute Gasteiger partial charge is 0.377 e. The highest BCUT2D eigenvalue weighted by molar-refractivity contribution is 7.91. The van der Waals surface area contributed by atoms with Crippen LogP contribution in [-0.4, -0.2) is 75.3 Å². The fourth-order valence-corrected chi connectivity index (χ4v) is 4.63. The SMILES string of the molecule is O=C(CCS(=O)(=O)c1ccc(F)cc1)N1CCN(C[C@H]2CCCO2)CC1. The summed E-state index contributed by atoms with van der Waals surface area (Å²) in [6.07, 6.45) is 2.47. The van der Waals surface area contributed by atoms with Crippen LogP contribution in [0.5, 0.6) is 0 Å². The van der Waals surface area contributed by atoms with Crippen molar-refractivity contribution in [3.63, 3.8) is 0 Å². The van der Waals surface area contributed by atoms with E-state index in [2.05, 4.69) is 4.90 Å². The Morgan fingerprint density at radius 2 is 1.85 bits per heavy atom. The predicted octanol–water partition coefficient (Wildman–Crippen LogP) is 1.31. The molecule has 0 spiro atoms. The Labute approximate surface area is 153 Å². The van der Waals surface area contributed by atoms with Gasteiger partial charge in [0.15, 0.2) is 9.84 Å². The highest BCUT2D eigenvalue weighted by atomic mass is 32.2.